The SMILES string of the molecule is CCC(CC)C(O)c1ccc(OC)cc1Cl. The van der Waals surface area contributed by atoms with Crippen molar-refractivity contribution in [2.75, 3.05) is 7.11 Å². The summed E-state index contributed by atoms with van der Waals surface area (Å²) in [5.74, 6) is 0.969. The second-order valence-electron chi connectivity index (χ2n) is 3.91. The van der Waals surface area contributed by atoms with E-state index in [1.165, 1.54) is 0 Å². The minimum absolute atomic E-state index is 0.255. The van der Waals surface area contributed by atoms with Gasteiger partial charge in [0.15, 0.2) is 0 Å². The molecule has 0 radical (unpaired) electrons. The van der Waals surface area contributed by atoms with Crippen LogP contribution in [0, 0.1) is 5.92 Å². The Kier molecular flexibility index (Phi) is 5.10. The maximum Gasteiger partial charge on any atom is 0.120 e. The molecule has 1 aromatic rings. The lowest BCUT2D eigenvalue weighted by atomic mass is 9.91. The van der Waals surface area contributed by atoms with Crippen molar-refractivity contribution in [3.63, 3.8) is 0 Å². The molecule has 1 aromatic carbocycles. The van der Waals surface area contributed by atoms with E-state index in [1.807, 2.05) is 12.1 Å². The van der Waals surface area contributed by atoms with E-state index in [-0.39, 0.29) is 5.92 Å². The normalized spacial score (nSPS) is 12.9. The van der Waals surface area contributed by atoms with Crippen LogP contribution in [0.25, 0.3) is 0 Å². The van der Waals surface area contributed by atoms with Crippen LogP contribution in [0.4, 0.5) is 0 Å². The molecule has 1 N–H and O–H groups in total. The molecule has 3 heteroatoms. The number of benzene rings is 1. The molecule has 1 rings (SSSR count). The van der Waals surface area contributed by atoms with Gasteiger partial charge in [-0.15, -0.1) is 0 Å². The predicted molar refractivity (Wildman–Crippen MR) is 67.0 cm³/mol. The molecular formula is C13H19ClO2. The van der Waals surface area contributed by atoms with E-state index in [9.17, 15) is 5.11 Å². The van der Waals surface area contributed by atoms with E-state index < -0.39 is 6.10 Å². The number of hydrogen-bond acceptors (Lipinski definition) is 2. The molecule has 1 atom stereocenters. The first-order valence-corrected chi connectivity index (χ1v) is 6.03. The summed E-state index contributed by atoms with van der Waals surface area (Å²) in [7, 11) is 1.60. The molecule has 0 aromatic heterocycles. The zero-order valence-corrected chi connectivity index (χ0v) is 10.8. The number of hydrogen-bond donors (Lipinski definition) is 1. The van der Waals surface area contributed by atoms with Crippen LogP contribution >= 0.6 is 11.6 Å². The lowest BCUT2D eigenvalue weighted by Crippen LogP contribution is -2.11. The lowest BCUT2D eigenvalue weighted by Gasteiger charge is -2.21. The average molecular weight is 243 g/mol. The van der Waals surface area contributed by atoms with Crippen molar-refractivity contribution in [1.29, 1.82) is 0 Å². The zero-order valence-electron chi connectivity index (χ0n) is 10.0. The molecule has 0 saturated carbocycles. The second-order valence-corrected chi connectivity index (χ2v) is 4.32. The van der Waals surface area contributed by atoms with Gasteiger partial charge in [-0.1, -0.05) is 44.4 Å². The third kappa shape index (κ3) is 2.89. The van der Waals surface area contributed by atoms with Gasteiger partial charge in [0, 0.05) is 0 Å². The van der Waals surface area contributed by atoms with Gasteiger partial charge in [0.25, 0.3) is 0 Å². The number of aliphatic hydroxyl groups excluding tert-OH is 1. The van der Waals surface area contributed by atoms with Crippen molar-refractivity contribution < 1.29 is 9.84 Å². The number of ether oxygens (including phenoxy) is 1. The summed E-state index contributed by atoms with van der Waals surface area (Å²) in [6.45, 7) is 4.16. The standard InChI is InChI=1S/C13H19ClO2/c1-4-9(5-2)13(15)11-7-6-10(16-3)8-12(11)14/h6-9,13,15H,4-5H2,1-3H3. The van der Waals surface area contributed by atoms with Gasteiger partial charge in [-0.3, -0.25) is 0 Å². The van der Waals surface area contributed by atoms with E-state index >= 15 is 0 Å². The number of methoxy groups -OCH3 is 1. The molecule has 1 unspecified atom stereocenters. The summed E-state index contributed by atoms with van der Waals surface area (Å²) >= 11 is 6.12. The Bertz CT molecular complexity index is 335. The van der Waals surface area contributed by atoms with Gasteiger partial charge in [0.05, 0.1) is 18.2 Å². The quantitative estimate of drug-likeness (QED) is 0.851. The van der Waals surface area contributed by atoms with Crippen molar-refractivity contribution in [2.45, 2.75) is 32.8 Å². The number of halogens is 1. The van der Waals surface area contributed by atoms with Crippen LogP contribution in [0.2, 0.25) is 5.02 Å². The topological polar surface area (TPSA) is 29.5 Å². The molecule has 16 heavy (non-hydrogen) atoms. The Morgan fingerprint density at radius 3 is 2.38 bits per heavy atom. The summed E-state index contributed by atoms with van der Waals surface area (Å²) in [6, 6.07) is 5.40. The van der Waals surface area contributed by atoms with E-state index in [1.54, 1.807) is 13.2 Å². The molecule has 0 amide bonds. The fourth-order valence-electron chi connectivity index (χ4n) is 1.86. The van der Waals surface area contributed by atoms with Gasteiger partial charge in [-0.2, -0.15) is 0 Å². The first kappa shape index (κ1) is 13.3. The van der Waals surface area contributed by atoms with Gasteiger partial charge in [0.1, 0.15) is 5.75 Å². The van der Waals surface area contributed by atoms with Crippen LogP contribution in [-0.4, -0.2) is 12.2 Å². The molecular weight excluding hydrogens is 224 g/mol. The largest absolute Gasteiger partial charge is 0.497 e. The molecule has 0 aliphatic rings. The van der Waals surface area contributed by atoms with E-state index in [2.05, 4.69) is 13.8 Å². The Labute approximate surface area is 102 Å². The summed E-state index contributed by atoms with van der Waals surface area (Å²) in [5, 5.41) is 10.8. The third-order valence-electron chi connectivity index (χ3n) is 3.02. The van der Waals surface area contributed by atoms with Crippen LogP contribution in [-0.2, 0) is 0 Å². The fraction of sp³-hybridized carbons (Fsp3) is 0.538. The summed E-state index contributed by atoms with van der Waals surface area (Å²) in [4.78, 5) is 0. The maximum atomic E-state index is 10.2. The van der Waals surface area contributed by atoms with Crippen LogP contribution in [0.15, 0.2) is 18.2 Å². The molecule has 0 heterocycles. The zero-order chi connectivity index (χ0) is 12.1. The number of aliphatic hydroxyl groups is 1. The van der Waals surface area contributed by atoms with Crippen molar-refractivity contribution >= 4 is 11.6 Å². The molecule has 0 fully saturated rings. The van der Waals surface area contributed by atoms with Gasteiger partial charge in [0.2, 0.25) is 0 Å². The smallest absolute Gasteiger partial charge is 0.120 e. The highest BCUT2D eigenvalue weighted by Crippen LogP contribution is 2.33. The van der Waals surface area contributed by atoms with Gasteiger partial charge >= 0.3 is 0 Å². The minimum Gasteiger partial charge on any atom is -0.497 e. The Balaban J connectivity index is 2.95. The molecule has 0 aliphatic carbocycles. The molecule has 0 spiro atoms. The van der Waals surface area contributed by atoms with Crippen LogP contribution in [0.1, 0.15) is 38.4 Å². The Morgan fingerprint density at radius 1 is 1.31 bits per heavy atom. The molecule has 0 bridgehead atoms. The highest BCUT2D eigenvalue weighted by atomic mass is 35.5. The van der Waals surface area contributed by atoms with Gasteiger partial charge in [-0.05, 0) is 23.6 Å². The van der Waals surface area contributed by atoms with Crippen LogP contribution in [0.3, 0.4) is 0 Å². The predicted octanol–water partition coefficient (Wildman–Crippen LogP) is 3.82. The second kappa shape index (κ2) is 6.12. The molecule has 90 valence electrons. The van der Waals surface area contributed by atoms with Gasteiger partial charge in [-0.25, -0.2) is 0 Å². The molecule has 0 saturated heterocycles. The first-order valence-electron chi connectivity index (χ1n) is 5.65. The maximum absolute atomic E-state index is 10.2. The minimum atomic E-state index is -0.492. The summed E-state index contributed by atoms with van der Waals surface area (Å²) < 4.78 is 5.08. The van der Waals surface area contributed by atoms with Crippen molar-refractivity contribution in [1.82, 2.24) is 0 Å². The number of rotatable bonds is 5. The monoisotopic (exact) mass is 242 g/mol. The van der Waals surface area contributed by atoms with Gasteiger partial charge < -0.3 is 9.84 Å². The Morgan fingerprint density at radius 2 is 1.94 bits per heavy atom. The van der Waals surface area contributed by atoms with E-state index in [0.29, 0.717) is 10.8 Å². The fourth-order valence-corrected chi connectivity index (χ4v) is 2.15. The summed E-state index contributed by atoms with van der Waals surface area (Å²) in [5.41, 5.74) is 0.788. The highest BCUT2D eigenvalue weighted by Gasteiger charge is 2.20. The molecule has 2 nitrogen and oxygen atoms in total. The van der Waals surface area contributed by atoms with E-state index in [4.69, 9.17) is 16.3 Å². The molecule has 0 aliphatic heterocycles. The summed E-state index contributed by atoms with van der Waals surface area (Å²) in [6.07, 6.45) is 1.40. The first-order chi connectivity index (χ1) is 7.63. The van der Waals surface area contributed by atoms with Crippen LogP contribution in [0.5, 0.6) is 5.75 Å². The Hall–Kier alpha value is -0.730. The van der Waals surface area contributed by atoms with Crippen molar-refractivity contribution in [3.8, 4) is 5.75 Å². The van der Waals surface area contributed by atoms with E-state index in [0.717, 1.165) is 18.4 Å². The average Bonchev–Trinajstić information content (AvgIpc) is 2.30. The lowest BCUT2D eigenvalue weighted by molar-refractivity contribution is 0.103. The third-order valence-corrected chi connectivity index (χ3v) is 3.35. The highest BCUT2D eigenvalue weighted by molar-refractivity contribution is 6.31. The van der Waals surface area contributed by atoms with Crippen molar-refractivity contribution in [3.05, 3.63) is 28.8 Å². The van der Waals surface area contributed by atoms with Crippen molar-refractivity contribution in [2.24, 2.45) is 5.92 Å². The van der Waals surface area contributed by atoms with Crippen LogP contribution < -0.4 is 4.74 Å².